The van der Waals surface area contributed by atoms with E-state index in [9.17, 15) is 9.18 Å². The molecule has 2 rings (SSSR count). The Labute approximate surface area is 121 Å². The summed E-state index contributed by atoms with van der Waals surface area (Å²) in [6.07, 6.45) is 0. The van der Waals surface area contributed by atoms with Crippen molar-refractivity contribution in [2.24, 2.45) is 0 Å². The Bertz CT molecular complexity index is 601. The third-order valence-electron chi connectivity index (χ3n) is 2.56. The number of hydrogen-bond donors (Lipinski definition) is 2. The number of halogens is 2. The van der Waals surface area contributed by atoms with Crippen molar-refractivity contribution in [3.63, 3.8) is 0 Å². The highest BCUT2D eigenvalue weighted by Gasteiger charge is 2.11. The molecule has 0 heterocycles. The van der Waals surface area contributed by atoms with Crippen molar-refractivity contribution in [1.82, 2.24) is 5.32 Å². The second-order valence-electron chi connectivity index (χ2n) is 3.97. The number of rotatable bonds is 3. The molecule has 2 aromatic carbocycles. The van der Waals surface area contributed by atoms with Crippen molar-refractivity contribution in [1.29, 1.82) is 0 Å². The second-order valence-corrected chi connectivity index (χ2v) is 4.93. The molecule has 0 saturated carbocycles. The fourth-order valence-electron chi connectivity index (χ4n) is 1.57. The van der Waals surface area contributed by atoms with Gasteiger partial charge in [-0.25, -0.2) is 4.39 Å². The standard InChI is InChI=1S/C14H11ClFNOS/c15-10-3-1-9(2-4-10)8-17-14(18)12-7-11(19)5-6-13(12)16/h1-7,19H,8H2,(H,17,18). The van der Waals surface area contributed by atoms with Crippen LogP contribution in [0.25, 0.3) is 0 Å². The molecule has 0 spiro atoms. The molecule has 98 valence electrons. The Balaban J connectivity index is 2.05. The normalized spacial score (nSPS) is 10.3. The molecule has 0 aromatic heterocycles. The molecule has 0 fully saturated rings. The predicted octanol–water partition coefficient (Wildman–Crippen LogP) is 3.70. The summed E-state index contributed by atoms with van der Waals surface area (Å²) in [7, 11) is 0. The van der Waals surface area contributed by atoms with Gasteiger partial charge in [-0.05, 0) is 35.9 Å². The molecule has 19 heavy (non-hydrogen) atoms. The molecule has 2 aromatic rings. The first-order valence-electron chi connectivity index (χ1n) is 5.57. The fraction of sp³-hybridized carbons (Fsp3) is 0.0714. The van der Waals surface area contributed by atoms with Crippen LogP contribution in [0.4, 0.5) is 4.39 Å². The smallest absolute Gasteiger partial charge is 0.254 e. The monoisotopic (exact) mass is 295 g/mol. The lowest BCUT2D eigenvalue weighted by Gasteiger charge is -2.07. The van der Waals surface area contributed by atoms with Crippen LogP contribution in [0.15, 0.2) is 47.4 Å². The molecule has 0 saturated heterocycles. The van der Waals surface area contributed by atoms with Gasteiger partial charge >= 0.3 is 0 Å². The van der Waals surface area contributed by atoms with E-state index in [1.807, 2.05) is 0 Å². The molecule has 0 radical (unpaired) electrons. The third-order valence-corrected chi connectivity index (χ3v) is 3.09. The second kappa shape index (κ2) is 6.08. The summed E-state index contributed by atoms with van der Waals surface area (Å²) in [5.41, 5.74) is 0.877. The lowest BCUT2D eigenvalue weighted by molar-refractivity contribution is 0.0946. The van der Waals surface area contributed by atoms with Crippen LogP contribution in [0.5, 0.6) is 0 Å². The first kappa shape index (κ1) is 13.9. The molecule has 1 N–H and O–H groups in total. The Morgan fingerprint density at radius 1 is 1.21 bits per heavy atom. The van der Waals surface area contributed by atoms with Gasteiger partial charge in [-0.1, -0.05) is 23.7 Å². The zero-order chi connectivity index (χ0) is 13.8. The summed E-state index contributed by atoms with van der Waals surface area (Å²) in [5, 5.41) is 3.28. The van der Waals surface area contributed by atoms with Gasteiger partial charge in [0.2, 0.25) is 0 Å². The van der Waals surface area contributed by atoms with E-state index in [0.29, 0.717) is 16.5 Å². The van der Waals surface area contributed by atoms with E-state index in [4.69, 9.17) is 11.6 Å². The van der Waals surface area contributed by atoms with Crippen LogP contribution in [0.3, 0.4) is 0 Å². The highest BCUT2D eigenvalue weighted by Crippen LogP contribution is 2.14. The summed E-state index contributed by atoms with van der Waals surface area (Å²) in [6.45, 7) is 0.312. The highest BCUT2D eigenvalue weighted by atomic mass is 35.5. The zero-order valence-electron chi connectivity index (χ0n) is 9.86. The fourth-order valence-corrected chi connectivity index (χ4v) is 1.90. The highest BCUT2D eigenvalue weighted by molar-refractivity contribution is 7.80. The number of benzene rings is 2. The topological polar surface area (TPSA) is 29.1 Å². The average Bonchev–Trinajstić information content (AvgIpc) is 2.40. The minimum absolute atomic E-state index is 0.0125. The van der Waals surface area contributed by atoms with Crippen molar-refractivity contribution in [2.75, 3.05) is 0 Å². The van der Waals surface area contributed by atoms with Gasteiger partial charge in [-0.2, -0.15) is 0 Å². The molecule has 0 atom stereocenters. The number of carbonyl (C=O) groups excluding carboxylic acids is 1. The largest absolute Gasteiger partial charge is 0.348 e. The molecule has 0 bridgehead atoms. The van der Waals surface area contributed by atoms with Crippen molar-refractivity contribution in [2.45, 2.75) is 11.4 Å². The molecule has 0 aliphatic rings. The minimum atomic E-state index is -0.564. The SMILES string of the molecule is O=C(NCc1ccc(Cl)cc1)c1cc(S)ccc1F. The van der Waals surface area contributed by atoms with Gasteiger partial charge in [0.15, 0.2) is 0 Å². The van der Waals surface area contributed by atoms with Crippen molar-refractivity contribution in [3.05, 3.63) is 64.4 Å². The maximum atomic E-state index is 13.5. The van der Waals surface area contributed by atoms with Gasteiger partial charge in [-0.3, -0.25) is 4.79 Å². The van der Waals surface area contributed by atoms with Crippen LogP contribution in [-0.4, -0.2) is 5.91 Å². The Morgan fingerprint density at radius 2 is 1.89 bits per heavy atom. The molecular formula is C14H11ClFNOS. The summed E-state index contributed by atoms with van der Waals surface area (Å²) >= 11 is 9.85. The number of thiol groups is 1. The molecule has 0 aliphatic heterocycles. The van der Waals surface area contributed by atoms with Gasteiger partial charge in [0.25, 0.3) is 5.91 Å². The number of hydrogen-bond acceptors (Lipinski definition) is 2. The maximum Gasteiger partial charge on any atom is 0.254 e. The number of carbonyl (C=O) groups is 1. The molecule has 0 aliphatic carbocycles. The molecule has 0 unspecified atom stereocenters. The van der Waals surface area contributed by atoms with E-state index < -0.39 is 11.7 Å². The van der Waals surface area contributed by atoms with Gasteiger partial charge in [0.05, 0.1) is 5.56 Å². The maximum absolute atomic E-state index is 13.5. The number of nitrogens with one attached hydrogen (secondary N) is 1. The van der Waals surface area contributed by atoms with Crippen LogP contribution in [-0.2, 0) is 6.54 Å². The summed E-state index contributed by atoms with van der Waals surface area (Å²) < 4.78 is 13.5. The summed E-state index contributed by atoms with van der Waals surface area (Å²) in [4.78, 5) is 12.4. The van der Waals surface area contributed by atoms with Crippen molar-refractivity contribution < 1.29 is 9.18 Å². The van der Waals surface area contributed by atoms with Gasteiger partial charge in [0, 0.05) is 16.5 Å². The summed E-state index contributed by atoms with van der Waals surface area (Å²) in [5.74, 6) is -1.03. The molecular weight excluding hydrogens is 285 g/mol. The molecule has 2 nitrogen and oxygen atoms in total. The first-order valence-corrected chi connectivity index (χ1v) is 6.40. The number of amides is 1. The Kier molecular flexibility index (Phi) is 4.45. The lowest BCUT2D eigenvalue weighted by Crippen LogP contribution is -2.23. The van der Waals surface area contributed by atoms with Crippen molar-refractivity contribution >= 4 is 30.1 Å². The molecule has 5 heteroatoms. The van der Waals surface area contributed by atoms with Crippen LogP contribution < -0.4 is 5.32 Å². The van der Waals surface area contributed by atoms with E-state index in [1.54, 1.807) is 24.3 Å². The molecule has 1 amide bonds. The van der Waals surface area contributed by atoms with Crippen molar-refractivity contribution in [3.8, 4) is 0 Å². The first-order chi connectivity index (χ1) is 9.06. The van der Waals surface area contributed by atoms with Crippen LogP contribution >= 0.6 is 24.2 Å². The zero-order valence-corrected chi connectivity index (χ0v) is 11.5. The lowest BCUT2D eigenvalue weighted by atomic mass is 10.2. The van der Waals surface area contributed by atoms with E-state index in [0.717, 1.165) is 5.56 Å². The van der Waals surface area contributed by atoms with Crippen LogP contribution in [0, 0.1) is 5.82 Å². The quantitative estimate of drug-likeness (QED) is 0.831. The Morgan fingerprint density at radius 3 is 2.58 bits per heavy atom. The van der Waals surface area contributed by atoms with E-state index in [2.05, 4.69) is 17.9 Å². The van der Waals surface area contributed by atoms with Gasteiger partial charge < -0.3 is 5.32 Å². The van der Waals surface area contributed by atoms with Crippen LogP contribution in [0.2, 0.25) is 5.02 Å². The average molecular weight is 296 g/mol. The Hall–Kier alpha value is -1.52. The third kappa shape index (κ3) is 3.72. The van der Waals surface area contributed by atoms with Gasteiger partial charge in [0.1, 0.15) is 5.82 Å². The van der Waals surface area contributed by atoms with E-state index >= 15 is 0 Å². The van der Waals surface area contributed by atoms with Crippen LogP contribution in [0.1, 0.15) is 15.9 Å². The van der Waals surface area contributed by atoms with E-state index in [-0.39, 0.29) is 5.56 Å². The predicted molar refractivity (Wildman–Crippen MR) is 76.3 cm³/mol. The van der Waals surface area contributed by atoms with Gasteiger partial charge in [-0.15, -0.1) is 12.6 Å². The minimum Gasteiger partial charge on any atom is -0.348 e. The van der Waals surface area contributed by atoms with E-state index in [1.165, 1.54) is 18.2 Å². The summed E-state index contributed by atoms with van der Waals surface area (Å²) in [6, 6.07) is 11.2.